The van der Waals surface area contributed by atoms with Crippen LogP contribution >= 0.6 is 0 Å². The van der Waals surface area contributed by atoms with Crippen LogP contribution in [0.15, 0.2) is 72.9 Å². The molecule has 5 rings (SSSR count). The maximum Gasteiger partial charge on any atom is 0.254 e. The molecule has 1 aliphatic rings. The Morgan fingerprint density at radius 3 is 2.63 bits per heavy atom. The van der Waals surface area contributed by atoms with Crippen LogP contribution in [0.1, 0.15) is 22.3 Å². The van der Waals surface area contributed by atoms with Gasteiger partial charge in [-0.25, -0.2) is 4.52 Å². The molecule has 0 spiro atoms. The van der Waals surface area contributed by atoms with Gasteiger partial charge in [-0.05, 0) is 74.0 Å². The van der Waals surface area contributed by atoms with Gasteiger partial charge < -0.3 is 10.1 Å². The van der Waals surface area contributed by atoms with Gasteiger partial charge in [-0.15, -0.1) is 5.10 Å². The fourth-order valence-corrected chi connectivity index (χ4v) is 4.25. The van der Waals surface area contributed by atoms with Crippen molar-refractivity contribution in [1.29, 1.82) is 0 Å². The third-order valence-electron chi connectivity index (χ3n) is 6.12. The first-order valence-corrected chi connectivity index (χ1v) is 12.0. The van der Waals surface area contributed by atoms with Crippen molar-refractivity contribution in [3.63, 3.8) is 0 Å². The molecule has 35 heavy (non-hydrogen) atoms. The molecule has 1 N–H and O–H groups in total. The Bertz CT molecular complexity index is 1250. The normalized spacial score (nSPS) is 14.2. The number of rotatable bonds is 8. The number of pyridine rings is 1. The predicted molar refractivity (Wildman–Crippen MR) is 137 cm³/mol. The predicted octanol–water partition coefficient (Wildman–Crippen LogP) is 3.96. The van der Waals surface area contributed by atoms with E-state index >= 15 is 0 Å². The second-order valence-electron chi connectivity index (χ2n) is 8.70. The average molecular weight is 471 g/mol. The van der Waals surface area contributed by atoms with Gasteiger partial charge in [0.25, 0.3) is 11.9 Å². The molecule has 0 atom stereocenters. The van der Waals surface area contributed by atoms with Crippen LogP contribution in [0, 0.1) is 6.92 Å². The Kier molecular flexibility index (Phi) is 7.02. The smallest absolute Gasteiger partial charge is 0.254 e. The molecule has 0 bridgehead atoms. The summed E-state index contributed by atoms with van der Waals surface area (Å²) in [6.45, 7) is 7.21. The van der Waals surface area contributed by atoms with Crippen molar-refractivity contribution in [3.8, 4) is 0 Å². The molecule has 1 fully saturated rings. The third kappa shape index (κ3) is 5.50. The summed E-state index contributed by atoms with van der Waals surface area (Å²) in [7, 11) is 0. The fourth-order valence-electron chi connectivity index (χ4n) is 4.25. The van der Waals surface area contributed by atoms with E-state index in [0.717, 1.165) is 61.9 Å². The molecule has 1 amide bonds. The van der Waals surface area contributed by atoms with E-state index in [1.165, 1.54) is 0 Å². The maximum atomic E-state index is 12.7. The van der Waals surface area contributed by atoms with Gasteiger partial charge in [-0.1, -0.05) is 18.2 Å². The van der Waals surface area contributed by atoms with Crippen LogP contribution in [0.2, 0.25) is 0 Å². The van der Waals surface area contributed by atoms with Crippen LogP contribution in [0.3, 0.4) is 0 Å². The standard InChI is InChI=1S/C27H30N6O2/c1-21-6-4-7-24(20-21)33(27-29-25-8-2-3-15-32(25)30-27)23-11-9-22(10-12-23)26(34)28-13-5-14-31-16-18-35-19-17-31/h2-4,6-12,15,20H,5,13-14,16-19H2,1H3,(H,28,34). The average Bonchev–Trinajstić information content (AvgIpc) is 3.31. The van der Waals surface area contributed by atoms with Gasteiger partial charge in [0, 0.05) is 42.8 Å². The van der Waals surface area contributed by atoms with E-state index in [-0.39, 0.29) is 5.91 Å². The molecule has 0 radical (unpaired) electrons. The molecule has 2 aromatic carbocycles. The van der Waals surface area contributed by atoms with E-state index < -0.39 is 0 Å². The zero-order chi connectivity index (χ0) is 24.0. The topological polar surface area (TPSA) is 75.0 Å². The van der Waals surface area contributed by atoms with Gasteiger partial charge in [0.1, 0.15) is 0 Å². The Morgan fingerprint density at radius 2 is 1.86 bits per heavy atom. The van der Waals surface area contributed by atoms with Crippen LogP contribution in [0.25, 0.3) is 5.65 Å². The molecule has 180 valence electrons. The van der Waals surface area contributed by atoms with Crippen LogP contribution in [0.4, 0.5) is 17.3 Å². The van der Waals surface area contributed by atoms with Crippen molar-refractivity contribution in [2.75, 3.05) is 44.3 Å². The molecule has 8 nitrogen and oxygen atoms in total. The molecule has 0 unspecified atom stereocenters. The molecule has 1 aliphatic heterocycles. The molecule has 3 heterocycles. The zero-order valence-corrected chi connectivity index (χ0v) is 19.9. The highest BCUT2D eigenvalue weighted by Crippen LogP contribution is 2.33. The molecule has 1 saturated heterocycles. The Hall–Kier alpha value is -3.75. The van der Waals surface area contributed by atoms with Gasteiger partial charge in [0.05, 0.1) is 13.2 Å². The number of hydrogen-bond acceptors (Lipinski definition) is 6. The summed E-state index contributed by atoms with van der Waals surface area (Å²) < 4.78 is 7.14. The summed E-state index contributed by atoms with van der Waals surface area (Å²) in [5.41, 5.74) is 4.39. The minimum atomic E-state index is -0.0634. The third-order valence-corrected chi connectivity index (χ3v) is 6.12. The number of carbonyl (C=O) groups excluding carboxylic acids is 1. The van der Waals surface area contributed by atoms with Crippen molar-refractivity contribution >= 4 is 28.9 Å². The lowest BCUT2D eigenvalue weighted by Gasteiger charge is -2.26. The van der Waals surface area contributed by atoms with E-state index in [1.807, 2.05) is 65.7 Å². The highest BCUT2D eigenvalue weighted by Gasteiger charge is 2.18. The van der Waals surface area contributed by atoms with Crippen LogP contribution in [-0.4, -0.2) is 64.8 Å². The lowest BCUT2D eigenvalue weighted by Crippen LogP contribution is -2.38. The van der Waals surface area contributed by atoms with Crippen molar-refractivity contribution in [2.24, 2.45) is 0 Å². The highest BCUT2D eigenvalue weighted by molar-refractivity contribution is 5.94. The van der Waals surface area contributed by atoms with Gasteiger partial charge in [-0.3, -0.25) is 14.6 Å². The summed E-state index contributed by atoms with van der Waals surface area (Å²) in [4.78, 5) is 21.8. The number of anilines is 3. The van der Waals surface area contributed by atoms with Crippen molar-refractivity contribution in [2.45, 2.75) is 13.3 Å². The fraction of sp³-hybridized carbons (Fsp3) is 0.296. The molecular formula is C27H30N6O2. The summed E-state index contributed by atoms with van der Waals surface area (Å²) in [5, 5.41) is 7.72. The number of hydrogen-bond donors (Lipinski definition) is 1. The monoisotopic (exact) mass is 470 g/mol. The molecule has 2 aromatic heterocycles. The lowest BCUT2D eigenvalue weighted by atomic mass is 10.1. The van der Waals surface area contributed by atoms with E-state index in [2.05, 4.69) is 34.4 Å². The summed E-state index contributed by atoms with van der Waals surface area (Å²) in [6.07, 6.45) is 2.80. The quantitative estimate of drug-likeness (QED) is 0.393. The summed E-state index contributed by atoms with van der Waals surface area (Å²) in [5.74, 6) is 0.508. The van der Waals surface area contributed by atoms with E-state index in [9.17, 15) is 4.79 Å². The minimum Gasteiger partial charge on any atom is -0.379 e. The molecular weight excluding hydrogens is 440 g/mol. The maximum absolute atomic E-state index is 12.7. The number of nitrogens with one attached hydrogen (secondary N) is 1. The first kappa shape index (κ1) is 23.0. The van der Waals surface area contributed by atoms with Crippen molar-refractivity contribution in [3.05, 3.63) is 84.1 Å². The number of nitrogens with zero attached hydrogens (tertiary/aromatic N) is 5. The largest absolute Gasteiger partial charge is 0.379 e. The highest BCUT2D eigenvalue weighted by atomic mass is 16.5. The number of fused-ring (bicyclic) bond motifs is 1. The number of aromatic nitrogens is 3. The van der Waals surface area contributed by atoms with Crippen molar-refractivity contribution < 1.29 is 9.53 Å². The number of amides is 1. The molecule has 0 saturated carbocycles. The summed E-state index contributed by atoms with van der Waals surface area (Å²) >= 11 is 0. The molecule has 4 aromatic rings. The lowest BCUT2D eigenvalue weighted by molar-refractivity contribution is 0.0374. The Labute approximate surface area is 205 Å². The second kappa shape index (κ2) is 10.7. The first-order chi connectivity index (χ1) is 17.2. The molecule has 8 heteroatoms. The Balaban J connectivity index is 1.31. The van der Waals surface area contributed by atoms with Crippen LogP contribution in [0.5, 0.6) is 0 Å². The van der Waals surface area contributed by atoms with E-state index in [1.54, 1.807) is 4.52 Å². The number of ether oxygens (including phenoxy) is 1. The minimum absolute atomic E-state index is 0.0634. The van der Waals surface area contributed by atoms with Gasteiger partial charge in [0.15, 0.2) is 5.65 Å². The zero-order valence-electron chi connectivity index (χ0n) is 19.9. The number of morpholine rings is 1. The number of aryl methyl sites for hydroxylation is 1. The van der Waals surface area contributed by atoms with E-state index in [0.29, 0.717) is 18.1 Å². The SMILES string of the molecule is Cc1cccc(N(c2ccc(C(=O)NCCCN3CCOCC3)cc2)c2nc3ccccn3n2)c1. The first-order valence-electron chi connectivity index (χ1n) is 12.0. The van der Waals surface area contributed by atoms with E-state index in [4.69, 9.17) is 9.72 Å². The van der Waals surface area contributed by atoms with Crippen LogP contribution < -0.4 is 10.2 Å². The van der Waals surface area contributed by atoms with Crippen LogP contribution in [-0.2, 0) is 4.74 Å². The van der Waals surface area contributed by atoms with Gasteiger partial charge in [0.2, 0.25) is 0 Å². The second-order valence-corrected chi connectivity index (χ2v) is 8.70. The van der Waals surface area contributed by atoms with Gasteiger partial charge in [-0.2, -0.15) is 4.98 Å². The summed E-state index contributed by atoms with van der Waals surface area (Å²) in [6, 6.07) is 21.6. The number of benzene rings is 2. The van der Waals surface area contributed by atoms with Gasteiger partial charge >= 0.3 is 0 Å². The Morgan fingerprint density at radius 1 is 1.03 bits per heavy atom. The van der Waals surface area contributed by atoms with Crippen molar-refractivity contribution in [1.82, 2.24) is 24.8 Å². The number of carbonyl (C=O) groups is 1. The molecule has 0 aliphatic carbocycles.